The number of hydrogen-bond acceptors (Lipinski definition) is 3. The van der Waals surface area contributed by atoms with Gasteiger partial charge in [0.15, 0.2) is 0 Å². The molecule has 1 N–H and O–H groups in total. The van der Waals surface area contributed by atoms with Gasteiger partial charge in [0.25, 0.3) is 0 Å². The number of carbonyl (C=O) groups is 1. The van der Waals surface area contributed by atoms with Crippen LogP contribution in [0.4, 0.5) is 5.69 Å². The maximum absolute atomic E-state index is 10.9. The monoisotopic (exact) mass is 227 g/mol. The SMILES string of the molecule is COc1c(C)cc(Cl)cc1NCC(C)=O. The largest absolute Gasteiger partial charge is 0.494 e. The van der Waals surface area contributed by atoms with Crippen molar-refractivity contribution in [3.8, 4) is 5.75 Å². The lowest BCUT2D eigenvalue weighted by molar-refractivity contribution is -0.115. The molecule has 0 aromatic heterocycles. The van der Waals surface area contributed by atoms with Crippen molar-refractivity contribution < 1.29 is 9.53 Å². The summed E-state index contributed by atoms with van der Waals surface area (Å²) in [6, 6.07) is 3.57. The highest BCUT2D eigenvalue weighted by Gasteiger charge is 2.08. The fourth-order valence-electron chi connectivity index (χ4n) is 1.35. The second-order valence-corrected chi connectivity index (χ2v) is 3.80. The summed E-state index contributed by atoms with van der Waals surface area (Å²) in [6.45, 7) is 3.71. The molecule has 0 saturated carbocycles. The molecule has 0 spiro atoms. The van der Waals surface area contributed by atoms with E-state index in [1.165, 1.54) is 6.92 Å². The van der Waals surface area contributed by atoms with E-state index in [1.807, 2.05) is 13.0 Å². The van der Waals surface area contributed by atoms with Gasteiger partial charge in [0.1, 0.15) is 11.5 Å². The van der Waals surface area contributed by atoms with E-state index in [0.29, 0.717) is 5.02 Å². The van der Waals surface area contributed by atoms with Crippen LogP contribution in [0, 0.1) is 6.92 Å². The quantitative estimate of drug-likeness (QED) is 0.860. The molecule has 0 bridgehead atoms. The number of carbonyl (C=O) groups excluding carboxylic acids is 1. The summed E-state index contributed by atoms with van der Waals surface area (Å²) in [5.41, 5.74) is 1.69. The minimum atomic E-state index is 0.0645. The number of ketones is 1. The fourth-order valence-corrected chi connectivity index (χ4v) is 1.62. The number of nitrogens with one attached hydrogen (secondary N) is 1. The first kappa shape index (κ1) is 11.9. The minimum Gasteiger partial charge on any atom is -0.494 e. The Morgan fingerprint density at radius 1 is 1.53 bits per heavy atom. The summed E-state index contributed by atoms with van der Waals surface area (Å²) in [5.74, 6) is 0.787. The topological polar surface area (TPSA) is 38.3 Å². The van der Waals surface area contributed by atoms with E-state index in [9.17, 15) is 4.79 Å². The average molecular weight is 228 g/mol. The van der Waals surface area contributed by atoms with Crippen molar-refractivity contribution in [2.45, 2.75) is 13.8 Å². The molecular formula is C11H14ClNO2. The van der Waals surface area contributed by atoms with Gasteiger partial charge in [0.2, 0.25) is 0 Å². The van der Waals surface area contributed by atoms with Crippen LogP contribution < -0.4 is 10.1 Å². The molecule has 1 aromatic carbocycles. The normalized spacial score (nSPS) is 9.87. The van der Waals surface area contributed by atoms with Crippen LogP contribution in [0.15, 0.2) is 12.1 Å². The molecule has 0 radical (unpaired) electrons. The van der Waals surface area contributed by atoms with Gasteiger partial charge in [-0.15, -0.1) is 0 Å². The van der Waals surface area contributed by atoms with Crippen LogP contribution in [0.1, 0.15) is 12.5 Å². The summed E-state index contributed by atoms with van der Waals surface area (Å²) < 4.78 is 5.23. The van der Waals surface area contributed by atoms with Crippen LogP contribution in [-0.2, 0) is 4.79 Å². The Labute approximate surface area is 94.4 Å². The second kappa shape index (κ2) is 5.03. The highest BCUT2D eigenvalue weighted by Crippen LogP contribution is 2.31. The Morgan fingerprint density at radius 3 is 2.73 bits per heavy atom. The first-order valence-electron chi connectivity index (χ1n) is 4.62. The van der Waals surface area contributed by atoms with Crippen LogP contribution in [0.2, 0.25) is 5.02 Å². The van der Waals surface area contributed by atoms with Gasteiger partial charge in [0, 0.05) is 5.02 Å². The van der Waals surface area contributed by atoms with E-state index in [4.69, 9.17) is 16.3 Å². The highest BCUT2D eigenvalue weighted by atomic mass is 35.5. The van der Waals surface area contributed by atoms with Crippen molar-refractivity contribution in [3.05, 3.63) is 22.7 Å². The number of Topliss-reactive ketones (excluding diaryl/α,β-unsaturated/α-hetero) is 1. The van der Waals surface area contributed by atoms with Crippen LogP contribution >= 0.6 is 11.6 Å². The lowest BCUT2D eigenvalue weighted by Gasteiger charge is -2.13. The molecule has 0 aliphatic carbocycles. The first-order valence-corrected chi connectivity index (χ1v) is 5.00. The van der Waals surface area contributed by atoms with Gasteiger partial charge >= 0.3 is 0 Å². The molecule has 4 heteroatoms. The number of methoxy groups -OCH3 is 1. The Bertz CT molecular complexity index is 377. The van der Waals surface area contributed by atoms with Gasteiger partial charge in [-0.25, -0.2) is 0 Å². The van der Waals surface area contributed by atoms with Crippen molar-refractivity contribution in [2.75, 3.05) is 19.0 Å². The molecular weight excluding hydrogens is 214 g/mol. The molecule has 0 aliphatic heterocycles. The summed E-state index contributed by atoms with van der Waals surface area (Å²) in [5, 5.41) is 3.61. The van der Waals surface area contributed by atoms with Crippen molar-refractivity contribution in [1.82, 2.24) is 0 Å². The molecule has 0 amide bonds. The molecule has 15 heavy (non-hydrogen) atoms. The van der Waals surface area contributed by atoms with Crippen molar-refractivity contribution in [2.24, 2.45) is 0 Å². The van der Waals surface area contributed by atoms with Crippen LogP contribution in [0.3, 0.4) is 0 Å². The Balaban J connectivity index is 2.98. The lowest BCUT2D eigenvalue weighted by atomic mass is 10.2. The molecule has 3 nitrogen and oxygen atoms in total. The van der Waals surface area contributed by atoms with Gasteiger partial charge in [-0.1, -0.05) is 11.6 Å². The number of ether oxygens (including phenoxy) is 1. The standard InChI is InChI=1S/C11H14ClNO2/c1-7-4-9(12)5-10(11(7)15-3)13-6-8(2)14/h4-5,13H,6H2,1-3H3. The zero-order valence-corrected chi connectivity index (χ0v) is 9.81. The van der Waals surface area contributed by atoms with Gasteiger partial charge in [0.05, 0.1) is 19.3 Å². The number of benzene rings is 1. The average Bonchev–Trinajstić information content (AvgIpc) is 2.13. The summed E-state index contributed by atoms with van der Waals surface area (Å²) in [6.07, 6.45) is 0. The maximum Gasteiger partial charge on any atom is 0.148 e. The molecule has 0 heterocycles. The third-order valence-corrected chi connectivity index (χ3v) is 2.19. The van der Waals surface area contributed by atoms with Gasteiger partial charge < -0.3 is 10.1 Å². The zero-order chi connectivity index (χ0) is 11.4. The molecule has 0 saturated heterocycles. The first-order chi connectivity index (χ1) is 7.04. The van der Waals surface area contributed by atoms with Gasteiger partial charge in [-0.3, -0.25) is 4.79 Å². The fraction of sp³-hybridized carbons (Fsp3) is 0.364. The zero-order valence-electron chi connectivity index (χ0n) is 9.06. The highest BCUT2D eigenvalue weighted by molar-refractivity contribution is 6.31. The molecule has 0 atom stereocenters. The maximum atomic E-state index is 10.9. The number of anilines is 1. The third kappa shape index (κ3) is 3.13. The minimum absolute atomic E-state index is 0.0645. The van der Waals surface area contributed by atoms with Gasteiger partial charge in [-0.2, -0.15) is 0 Å². The van der Waals surface area contributed by atoms with Crippen LogP contribution in [0.5, 0.6) is 5.75 Å². The molecule has 82 valence electrons. The number of hydrogen-bond donors (Lipinski definition) is 1. The van der Waals surface area contributed by atoms with Crippen LogP contribution in [0.25, 0.3) is 0 Å². The lowest BCUT2D eigenvalue weighted by Crippen LogP contribution is -2.10. The third-order valence-electron chi connectivity index (χ3n) is 1.97. The second-order valence-electron chi connectivity index (χ2n) is 3.36. The van der Waals surface area contributed by atoms with E-state index in [2.05, 4.69) is 5.32 Å². The van der Waals surface area contributed by atoms with Crippen molar-refractivity contribution in [1.29, 1.82) is 0 Å². The van der Waals surface area contributed by atoms with Crippen LogP contribution in [-0.4, -0.2) is 19.4 Å². The van der Waals surface area contributed by atoms with E-state index < -0.39 is 0 Å². The molecule has 0 fully saturated rings. The Kier molecular flexibility index (Phi) is 3.97. The van der Waals surface area contributed by atoms with Crippen molar-refractivity contribution in [3.63, 3.8) is 0 Å². The number of halogens is 1. The van der Waals surface area contributed by atoms with Crippen molar-refractivity contribution >= 4 is 23.1 Å². The summed E-state index contributed by atoms with van der Waals surface area (Å²) in [4.78, 5) is 10.9. The number of aryl methyl sites for hydroxylation is 1. The Hall–Kier alpha value is -1.22. The Morgan fingerprint density at radius 2 is 2.20 bits per heavy atom. The predicted octanol–water partition coefficient (Wildman–Crippen LogP) is 2.66. The molecule has 0 aliphatic rings. The molecule has 1 rings (SSSR count). The van der Waals surface area contributed by atoms with E-state index >= 15 is 0 Å². The molecule has 1 aromatic rings. The van der Waals surface area contributed by atoms with E-state index in [0.717, 1.165) is 17.0 Å². The van der Waals surface area contributed by atoms with E-state index in [1.54, 1.807) is 13.2 Å². The number of rotatable bonds is 4. The molecule has 0 unspecified atom stereocenters. The van der Waals surface area contributed by atoms with E-state index in [-0.39, 0.29) is 12.3 Å². The van der Waals surface area contributed by atoms with Gasteiger partial charge in [-0.05, 0) is 31.5 Å². The smallest absolute Gasteiger partial charge is 0.148 e. The predicted molar refractivity (Wildman–Crippen MR) is 61.9 cm³/mol. The summed E-state index contributed by atoms with van der Waals surface area (Å²) in [7, 11) is 1.59. The summed E-state index contributed by atoms with van der Waals surface area (Å²) >= 11 is 5.91.